The summed E-state index contributed by atoms with van der Waals surface area (Å²) in [4.78, 5) is 16.1. The number of esters is 1. The number of nitrogens with zero attached hydrogens (tertiary/aromatic N) is 3. The number of ether oxygens (including phenoxy) is 1. The summed E-state index contributed by atoms with van der Waals surface area (Å²) in [7, 11) is 0. The molecule has 2 aromatic heterocycles. The highest BCUT2D eigenvalue weighted by Crippen LogP contribution is 2.19. The lowest BCUT2D eigenvalue weighted by Crippen LogP contribution is -2.07. The van der Waals surface area contributed by atoms with Crippen LogP contribution in [0.4, 0.5) is 0 Å². The van der Waals surface area contributed by atoms with Gasteiger partial charge in [0.15, 0.2) is 0 Å². The number of aryl methyl sites for hydroxylation is 2. The number of pyridine rings is 1. The second-order valence-electron chi connectivity index (χ2n) is 5.30. The molecule has 24 heavy (non-hydrogen) atoms. The van der Waals surface area contributed by atoms with Crippen LogP contribution in [0.25, 0.3) is 11.5 Å². The first-order valence-electron chi connectivity index (χ1n) is 7.69. The summed E-state index contributed by atoms with van der Waals surface area (Å²) in [5.41, 5.74) is 2.34. The zero-order chi connectivity index (χ0) is 16.8. The van der Waals surface area contributed by atoms with Crippen molar-refractivity contribution in [2.24, 2.45) is 0 Å². The molecule has 6 heteroatoms. The van der Waals surface area contributed by atoms with Crippen molar-refractivity contribution >= 4 is 5.97 Å². The van der Waals surface area contributed by atoms with E-state index < -0.39 is 0 Å². The molecule has 122 valence electrons. The third-order valence-corrected chi connectivity index (χ3v) is 3.46. The Morgan fingerprint density at radius 3 is 2.75 bits per heavy atom. The van der Waals surface area contributed by atoms with Crippen molar-refractivity contribution < 1.29 is 13.9 Å². The summed E-state index contributed by atoms with van der Waals surface area (Å²) >= 11 is 0. The number of carbonyl (C=O) groups is 1. The van der Waals surface area contributed by atoms with Crippen molar-refractivity contribution in [2.75, 3.05) is 6.61 Å². The summed E-state index contributed by atoms with van der Waals surface area (Å²) in [6.07, 6.45) is 5.12. The molecule has 0 aliphatic rings. The number of rotatable bonds is 6. The molecule has 1 aromatic carbocycles. The number of carbonyl (C=O) groups excluding carboxylic acids is 1. The smallest absolute Gasteiger partial charge is 0.338 e. The van der Waals surface area contributed by atoms with E-state index >= 15 is 0 Å². The third kappa shape index (κ3) is 4.04. The highest BCUT2D eigenvalue weighted by Gasteiger charge is 2.11. The van der Waals surface area contributed by atoms with Crippen molar-refractivity contribution in [3.63, 3.8) is 0 Å². The van der Waals surface area contributed by atoms with E-state index in [2.05, 4.69) is 15.2 Å². The maximum absolute atomic E-state index is 12.1. The monoisotopic (exact) mass is 323 g/mol. The van der Waals surface area contributed by atoms with Crippen LogP contribution in [0.3, 0.4) is 0 Å². The first-order valence-corrected chi connectivity index (χ1v) is 7.69. The molecule has 0 aliphatic carbocycles. The van der Waals surface area contributed by atoms with Gasteiger partial charge in [-0.25, -0.2) is 4.79 Å². The molecule has 3 rings (SSSR count). The van der Waals surface area contributed by atoms with Crippen molar-refractivity contribution in [1.29, 1.82) is 0 Å². The zero-order valence-electron chi connectivity index (χ0n) is 13.3. The fourth-order valence-electron chi connectivity index (χ4n) is 2.27. The summed E-state index contributed by atoms with van der Waals surface area (Å²) < 4.78 is 10.7. The van der Waals surface area contributed by atoms with Crippen LogP contribution in [0.1, 0.15) is 28.2 Å². The highest BCUT2D eigenvalue weighted by molar-refractivity contribution is 5.90. The van der Waals surface area contributed by atoms with Crippen LogP contribution in [0.2, 0.25) is 0 Å². The second kappa shape index (κ2) is 7.50. The van der Waals surface area contributed by atoms with Crippen LogP contribution in [0.5, 0.6) is 0 Å². The molecule has 0 unspecified atom stereocenters. The van der Waals surface area contributed by atoms with Crippen LogP contribution in [-0.2, 0) is 11.2 Å². The van der Waals surface area contributed by atoms with Gasteiger partial charge in [-0.1, -0.05) is 6.07 Å². The summed E-state index contributed by atoms with van der Waals surface area (Å²) in [6.45, 7) is 2.09. The minimum absolute atomic E-state index is 0.359. The van der Waals surface area contributed by atoms with E-state index in [0.717, 1.165) is 12.8 Å². The van der Waals surface area contributed by atoms with Crippen LogP contribution in [0, 0.1) is 6.92 Å². The van der Waals surface area contributed by atoms with Gasteiger partial charge >= 0.3 is 5.97 Å². The normalized spacial score (nSPS) is 10.5. The molecule has 0 fully saturated rings. The van der Waals surface area contributed by atoms with Crippen LogP contribution >= 0.6 is 0 Å². The van der Waals surface area contributed by atoms with Crippen LogP contribution in [-0.4, -0.2) is 27.8 Å². The lowest BCUT2D eigenvalue weighted by atomic mass is 10.1. The molecule has 0 bridgehead atoms. The topological polar surface area (TPSA) is 78.1 Å². The van der Waals surface area contributed by atoms with Gasteiger partial charge < -0.3 is 9.15 Å². The number of hydrogen-bond donors (Lipinski definition) is 0. The molecule has 0 spiro atoms. The first-order chi connectivity index (χ1) is 11.7. The number of aromatic nitrogens is 3. The number of benzene rings is 1. The van der Waals surface area contributed by atoms with Gasteiger partial charge in [-0.05, 0) is 48.7 Å². The Bertz CT molecular complexity index is 815. The summed E-state index contributed by atoms with van der Waals surface area (Å²) in [6, 6.07) is 10.9. The molecular weight excluding hydrogens is 306 g/mol. The second-order valence-corrected chi connectivity index (χ2v) is 5.30. The average molecular weight is 323 g/mol. The minimum atomic E-state index is -0.359. The van der Waals surface area contributed by atoms with Crippen molar-refractivity contribution in [3.05, 3.63) is 65.8 Å². The molecule has 0 aliphatic heterocycles. The molecule has 0 saturated carbocycles. The molecule has 6 nitrogen and oxygen atoms in total. The van der Waals surface area contributed by atoms with E-state index in [0.29, 0.717) is 29.5 Å². The first kappa shape index (κ1) is 15.9. The number of hydrogen-bond acceptors (Lipinski definition) is 6. The quantitative estimate of drug-likeness (QED) is 0.512. The molecule has 0 atom stereocenters. The lowest BCUT2D eigenvalue weighted by Gasteiger charge is -2.06. The Balaban J connectivity index is 1.55. The maximum atomic E-state index is 12.1. The molecular formula is C18H17N3O3. The summed E-state index contributed by atoms with van der Waals surface area (Å²) in [5.74, 6) is 0.511. The summed E-state index contributed by atoms with van der Waals surface area (Å²) in [5, 5.41) is 7.74. The Morgan fingerprint density at radius 2 is 2.00 bits per heavy atom. The highest BCUT2D eigenvalue weighted by atomic mass is 16.5. The van der Waals surface area contributed by atoms with E-state index in [1.54, 1.807) is 37.5 Å². The van der Waals surface area contributed by atoms with E-state index in [-0.39, 0.29) is 5.97 Å². The van der Waals surface area contributed by atoms with Gasteiger partial charge in [-0.2, -0.15) is 0 Å². The Hall–Kier alpha value is -3.02. The molecule has 0 N–H and O–H groups in total. The predicted molar refractivity (Wildman–Crippen MR) is 87.3 cm³/mol. The van der Waals surface area contributed by atoms with Gasteiger partial charge in [0, 0.05) is 24.9 Å². The minimum Gasteiger partial charge on any atom is -0.462 e. The fourth-order valence-corrected chi connectivity index (χ4v) is 2.27. The Labute approximate surface area is 139 Å². The SMILES string of the molecule is Cc1nnc(-c2cccc(C(=O)OCCCc3ccncc3)c2)o1. The predicted octanol–water partition coefficient (Wildman–Crippen LogP) is 3.23. The molecule has 3 aromatic rings. The molecule has 0 saturated heterocycles. The zero-order valence-corrected chi connectivity index (χ0v) is 13.3. The van der Waals surface area contributed by atoms with Gasteiger partial charge in [-0.3, -0.25) is 4.98 Å². The maximum Gasteiger partial charge on any atom is 0.338 e. The van der Waals surface area contributed by atoms with Gasteiger partial charge in [0.05, 0.1) is 12.2 Å². The molecule has 2 heterocycles. The van der Waals surface area contributed by atoms with Gasteiger partial charge in [0.1, 0.15) is 0 Å². The van der Waals surface area contributed by atoms with Gasteiger partial charge in [0.25, 0.3) is 0 Å². The van der Waals surface area contributed by atoms with E-state index in [1.807, 2.05) is 18.2 Å². The average Bonchev–Trinajstić information content (AvgIpc) is 3.06. The van der Waals surface area contributed by atoms with E-state index in [4.69, 9.17) is 9.15 Å². The lowest BCUT2D eigenvalue weighted by molar-refractivity contribution is 0.0500. The van der Waals surface area contributed by atoms with Crippen LogP contribution < -0.4 is 0 Å². The Kier molecular flexibility index (Phi) is 4.96. The third-order valence-electron chi connectivity index (χ3n) is 3.46. The molecule has 0 radical (unpaired) electrons. The van der Waals surface area contributed by atoms with Gasteiger partial charge in [0.2, 0.25) is 11.8 Å². The van der Waals surface area contributed by atoms with E-state index in [9.17, 15) is 4.79 Å². The van der Waals surface area contributed by atoms with Crippen molar-refractivity contribution in [2.45, 2.75) is 19.8 Å². The molecule has 0 amide bonds. The fraction of sp³-hybridized carbons (Fsp3) is 0.222. The van der Waals surface area contributed by atoms with Gasteiger partial charge in [-0.15, -0.1) is 10.2 Å². The largest absolute Gasteiger partial charge is 0.462 e. The van der Waals surface area contributed by atoms with Crippen molar-refractivity contribution in [1.82, 2.24) is 15.2 Å². The standard InChI is InChI=1S/C18H17N3O3/c1-13-20-21-17(24-13)15-5-2-6-16(12-15)18(22)23-11-3-4-14-7-9-19-10-8-14/h2,5-10,12H,3-4,11H2,1H3. The Morgan fingerprint density at radius 1 is 1.17 bits per heavy atom. The van der Waals surface area contributed by atoms with E-state index in [1.165, 1.54) is 5.56 Å². The van der Waals surface area contributed by atoms with Crippen LogP contribution in [0.15, 0.2) is 53.2 Å². The van der Waals surface area contributed by atoms with Crippen molar-refractivity contribution in [3.8, 4) is 11.5 Å².